The third-order valence-electron chi connectivity index (χ3n) is 5.86. The molecule has 2 fully saturated rings. The van der Waals surface area contributed by atoms with Crippen molar-refractivity contribution in [2.75, 3.05) is 39.3 Å². The van der Waals surface area contributed by atoms with Crippen molar-refractivity contribution in [3.63, 3.8) is 0 Å². The van der Waals surface area contributed by atoms with Crippen LogP contribution in [0.15, 0.2) is 28.7 Å². The summed E-state index contributed by atoms with van der Waals surface area (Å²) in [4.78, 5) is 14.9. The number of piperidine rings is 2. The summed E-state index contributed by atoms with van der Waals surface area (Å²) in [5.74, 6) is -0.00484. The van der Waals surface area contributed by atoms with Crippen molar-refractivity contribution in [1.29, 1.82) is 0 Å². The minimum absolute atomic E-state index is 0.000195. The maximum Gasteiger partial charge on any atom is 0.223 e. The third-order valence-corrected chi connectivity index (χ3v) is 8.20. The quantitative estimate of drug-likeness (QED) is 0.574. The van der Waals surface area contributed by atoms with Gasteiger partial charge in [-0.05, 0) is 69.4 Å². The Morgan fingerprint density at radius 1 is 1.10 bits per heavy atom. The Kier molecular flexibility index (Phi) is 8.53. The number of likely N-dealkylation sites (tertiary alicyclic amines) is 1. The van der Waals surface area contributed by atoms with Crippen molar-refractivity contribution >= 4 is 31.9 Å². The van der Waals surface area contributed by atoms with E-state index in [0.717, 1.165) is 23.0 Å². The Morgan fingerprint density at radius 2 is 1.83 bits per heavy atom. The zero-order chi connectivity index (χ0) is 20.7. The van der Waals surface area contributed by atoms with E-state index in [0.29, 0.717) is 32.5 Å². The van der Waals surface area contributed by atoms with E-state index in [4.69, 9.17) is 0 Å². The number of hydrogen-bond donors (Lipinski definition) is 1. The molecule has 1 N–H and O–H groups in total. The van der Waals surface area contributed by atoms with E-state index in [2.05, 4.69) is 26.1 Å². The van der Waals surface area contributed by atoms with E-state index < -0.39 is 10.0 Å². The van der Waals surface area contributed by atoms with Crippen LogP contribution in [-0.2, 0) is 20.6 Å². The third kappa shape index (κ3) is 7.05. The molecule has 0 radical (unpaired) electrons. The SMILES string of the molecule is O=C(NCCCN1CCCCC1)C1CCN(S(=O)(=O)Cc2cccc(Br)c2)CC1. The van der Waals surface area contributed by atoms with Crippen molar-refractivity contribution in [2.45, 2.75) is 44.3 Å². The molecule has 0 saturated carbocycles. The molecule has 0 unspecified atom stereocenters. The Morgan fingerprint density at radius 3 is 2.52 bits per heavy atom. The highest BCUT2D eigenvalue weighted by molar-refractivity contribution is 9.10. The van der Waals surface area contributed by atoms with Crippen LogP contribution in [0.4, 0.5) is 0 Å². The molecule has 0 aliphatic carbocycles. The van der Waals surface area contributed by atoms with Gasteiger partial charge in [-0.2, -0.15) is 0 Å². The first-order valence-electron chi connectivity index (χ1n) is 10.7. The molecule has 8 heteroatoms. The van der Waals surface area contributed by atoms with Crippen LogP contribution in [0.5, 0.6) is 0 Å². The Hall–Kier alpha value is -0.960. The van der Waals surface area contributed by atoms with Crippen LogP contribution in [0.1, 0.15) is 44.1 Å². The molecule has 3 rings (SSSR count). The van der Waals surface area contributed by atoms with Crippen LogP contribution < -0.4 is 5.32 Å². The molecule has 162 valence electrons. The smallest absolute Gasteiger partial charge is 0.223 e. The monoisotopic (exact) mass is 485 g/mol. The van der Waals surface area contributed by atoms with E-state index in [9.17, 15) is 13.2 Å². The molecular formula is C21H32BrN3O3S. The van der Waals surface area contributed by atoms with Crippen molar-refractivity contribution in [3.05, 3.63) is 34.3 Å². The Labute approximate surface area is 183 Å². The average molecular weight is 486 g/mol. The molecule has 1 aromatic rings. The molecule has 29 heavy (non-hydrogen) atoms. The van der Waals surface area contributed by atoms with Crippen molar-refractivity contribution in [2.24, 2.45) is 5.92 Å². The summed E-state index contributed by atoms with van der Waals surface area (Å²) >= 11 is 3.38. The molecule has 2 heterocycles. The number of sulfonamides is 1. The molecule has 2 saturated heterocycles. The van der Waals surface area contributed by atoms with E-state index in [1.165, 1.54) is 36.7 Å². The fourth-order valence-corrected chi connectivity index (χ4v) is 6.16. The number of amides is 1. The van der Waals surface area contributed by atoms with Crippen LogP contribution in [0.25, 0.3) is 0 Å². The molecule has 1 amide bonds. The maximum atomic E-state index is 12.7. The first-order valence-corrected chi connectivity index (χ1v) is 13.1. The van der Waals surface area contributed by atoms with Crippen molar-refractivity contribution < 1.29 is 13.2 Å². The summed E-state index contributed by atoms with van der Waals surface area (Å²) in [6.45, 7) is 4.95. The molecule has 0 bridgehead atoms. The van der Waals surface area contributed by atoms with E-state index >= 15 is 0 Å². The number of rotatable bonds is 8. The Bertz CT molecular complexity index is 773. The lowest BCUT2D eigenvalue weighted by Crippen LogP contribution is -2.43. The van der Waals surface area contributed by atoms with Gasteiger partial charge in [0.15, 0.2) is 0 Å². The van der Waals surface area contributed by atoms with Gasteiger partial charge in [0.2, 0.25) is 15.9 Å². The minimum Gasteiger partial charge on any atom is -0.356 e. The molecule has 2 aliphatic rings. The van der Waals surface area contributed by atoms with Gasteiger partial charge < -0.3 is 10.2 Å². The Balaban J connectivity index is 1.38. The summed E-state index contributed by atoms with van der Waals surface area (Å²) in [5, 5.41) is 3.05. The topological polar surface area (TPSA) is 69.7 Å². The summed E-state index contributed by atoms with van der Waals surface area (Å²) in [5.41, 5.74) is 0.771. The van der Waals surface area contributed by atoms with Crippen molar-refractivity contribution in [3.8, 4) is 0 Å². The van der Waals surface area contributed by atoms with E-state index in [1.54, 1.807) is 0 Å². The fraction of sp³-hybridized carbons (Fsp3) is 0.667. The van der Waals surface area contributed by atoms with Gasteiger partial charge in [0, 0.05) is 30.0 Å². The van der Waals surface area contributed by atoms with Crippen LogP contribution >= 0.6 is 15.9 Å². The lowest BCUT2D eigenvalue weighted by Gasteiger charge is -2.30. The summed E-state index contributed by atoms with van der Waals surface area (Å²) in [6, 6.07) is 7.39. The standard InChI is InChI=1S/C21H32BrN3O3S/c22-20-7-4-6-18(16-20)17-29(27,28)25-14-8-19(9-15-25)21(26)23-10-5-13-24-11-2-1-3-12-24/h4,6-7,16,19H,1-3,5,8-15,17H2,(H,23,26). The zero-order valence-electron chi connectivity index (χ0n) is 17.0. The normalized spacial score (nSPS) is 19.9. The molecule has 0 atom stereocenters. The highest BCUT2D eigenvalue weighted by atomic mass is 79.9. The second kappa shape index (κ2) is 10.9. The lowest BCUT2D eigenvalue weighted by molar-refractivity contribution is -0.126. The minimum atomic E-state index is -3.36. The van der Waals surface area contributed by atoms with Gasteiger partial charge in [-0.15, -0.1) is 0 Å². The zero-order valence-corrected chi connectivity index (χ0v) is 19.4. The van der Waals surface area contributed by atoms with Crippen LogP contribution in [0.3, 0.4) is 0 Å². The first kappa shape index (κ1) is 22.7. The number of carbonyl (C=O) groups is 1. The largest absolute Gasteiger partial charge is 0.356 e. The lowest BCUT2D eigenvalue weighted by atomic mass is 9.97. The van der Waals surface area contributed by atoms with Gasteiger partial charge in [0.05, 0.1) is 5.75 Å². The number of benzene rings is 1. The second-order valence-corrected chi connectivity index (χ2v) is 11.0. The number of hydrogen-bond acceptors (Lipinski definition) is 4. The molecule has 2 aliphatic heterocycles. The summed E-state index contributed by atoms with van der Waals surface area (Å²) in [7, 11) is -3.36. The fourth-order valence-electron chi connectivity index (χ4n) is 4.17. The van der Waals surface area contributed by atoms with E-state index in [-0.39, 0.29) is 17.6 Å². The van der Waals surface area contributed by atoms with Gasteiger partial charge in [-0.1, -0.05) is 34.5 Å². The predicted octanol–water partition coefficient (Wildman–Crippen LogP) is 2.98. The van der Waals surface area contributed by atoms with Gasteiger partial charge in [0.25, 0.3) is 0 Å². The molecule has 0 spiro atoms. The molecule has 0 aromatic heterocycles. The predicted molar refractivity (Wildman–Crippen MR) is 119 cm³/mol. The molecule has 1 aromatic carbocycles. The summed E-state index contributed by atoms with van der Waals surface area (Å²) < 4.78 is 27.8. The number of carbonyl (C=O) groups excluding carboxylic acids is 1. The first-order chi connectivity index (χ1) is 13.9. The number of nitrogens with one attached hydrogen (secondary N) is 1. The van der Waals surface area contributed by atoms with Crippen LogP contribution in [0.2, 0.25) is 0 Å². The number of nitrogens with zero attached hydrogens (tertiary/aromatic N) is 2. The maximum absolute atomic E-state index is 12.7. The summed E-state index contributed by atoms with van der Waals surface area (Å²) in [6.07, 6.45) is 6.08. The highest BCUT2D eigenvalue weighted by Crippen LogP contribution is 2.23. The number of halogens is 1. The molecular weight excluding hydrogens is 454 g/mol. The second-order valence-electron chi connectivity index (χ2n) is 8.11. The van der Waals surface area contributed by atoms with Gasteiger partial charge in [-0.3, -0.25) is 4.79 Å². The van der Waals surface area contributed by atoms with Gasteiger partial charge >= 0.3 is 0 Å². The van der Waals surface area contributed by atoms with Gasteiger partial charge in [0.1, 0.15) is 0 Å². The van der Waals surface area contributed by atoms with E-state index in [1.807, 2.05) is 24.3 Å². The average Bonchev–Trinajstić information content (AvgIpc) is 2.71. The molecule has 6 nitrogen and oxygen atoms in total. The van der Waals surface area contributed by atoms with Crippen molar-refractivity contribution in [1.82, 2.24) is 14.5 Å². The van der Waals surface area contributed by atoms with Crippen LogP contribution in [0, 0.1) is 5.92 Å². The van der Waals surface area contributed by atoms with Gasteiger partial charge in [-0.25, -0.2) is 12.7 Å². The highest BCUT2D eigenvalue weighted by Gasteiger charge is 2.31. The van der Waals surface area contributed by atoms with Crippen LogP contribution in [-0.4, -0.2) is 62.8 Å².